The van der Waals surface area contributed by atoms with E-state index in [2.05, 4.69) is 10.4 Å². The minimum absolute atomic E-state index is 0.0415. The van der Waals surface area contributed by atoms with Crippen LogP contribution >= 0.6 is 23.2 Å². The van der Waals surface area contributed by atoms with Gasteiger partial charge in [-0.25, -0.2) is 0 Å². The Labute approximate surface area is 176 Å². The van der Waals surface area contributed by atoms with Crippen molar-refractivity contribution in [2.75, 3.05) is 5.32 Å². The summed E-state index contributed by atoms with van der Waals surface area (Å²) in [4.78, 5) is 22.5. The first-order valence-corrected chi connectivity index (χ1v) is 9.30. The van der Waals surface area contributed by atoms with Crippen LogP contribution in [-0.2, 0) is 11.3 Å². The van der Waals surface area contributed by atoms with E-state index in [0.29, 0.717) is 28.0 Å². The van der Waals surface area contributed by atoms with Gasteiger partial charge in [-0.3, -0.25) is 19.6 Å². The average Bonchev–Trinajstić information content (AvgIpc) is 3.02. The fraction of sp³-hybridized carbons (Fsp3) is 0.100. The quantitative estimate of drug-likeness (QED) is 0.334. The van der Waals surface area contributed by atoms with Crippen LogP contribution < -0.4 is 5.32 Å². The highest BCUT2D eigenvalue weighted by Crippen LogP contribution is 2.25. The van der Waals surface area contributed by atoms with Crippen LogP contribution in [0.3, 0.4) is 0 Å². The Balaban J connectivity index is 1.69. The highest BCUT2D eigenvalue weighted by Gasteiger charge is 2.11. The van der Waals surface area contributed by atoms with Crippen LogP contribution in [0.1, 0.15) is 16.8 Å². The smallest absolute Gasteiger partial charge is 0.270 e. The van der Waals surface area contributed by atoms with E-state index >= 15 is 0 Å². The lowest BCUT2D eigenvalue weighted by molar-refractivity contribution is -0.384. The van der Waals surface area contributed by atoms with E-state index in [1.54, 1.807) is 41.1 Å². The average molecular weight is 431 g/mol. The van der Waals surface area contributed by atoms with E-state index in [1.165, 1.54) is 24.3 Å². The number of nitro groups is 1. The van der Waals surface area contributed by atoms with Gasteiger partial charge in [0.15, 0.2) is 5.82 Å². The summed E-state index contributed by atoms with van der Waals surface area (Å²) in [7, 11) is 0. The Bertz CT molecular complexity index is 1090. The normalized spacial score (nSPS) is 11.0. The van der Waals surface area contributed by atoms with Crippen LogP contribution in [0.15, 0.2) is 54.6 Å². The number of hydrogen-bond donors (Lipinski definition) is 1. The number of aromatic nitrogens is 2. The van der Waals surface area contributed by atoms with Crippen LogP contribution in [0.4, 0.5) is 11.5 Å². The molecule has 1 aromatic heterocycles. The molecule has 9 heteroatoms. The van der Waals surface area contributed by atoms with Gasteiger partial charge in [-0.05, 0) is 30.7 Å². The summed E-state index contributed by atoms with van der Waals surface area (Å²) in [5.74, 6) is -0.0312. The van der Waals surface area contributed by atoms with E-state index in [4.69, 9.17) is 23.2 Å². The number of carbonyl (C=O) groups is 1. The first-order valence-electron chi connectivity index (χ1n) is 8.54. The molecule has 0 fully saturated rings. The predicted octanol–water partition coefficient (Wildman–Crippen LogP) is 5.11. The topological polar surface area (TPSA) is 90.1 Å². The summed E-state index contributed by atoms with van der Waals surface area (Å²) >= 11 is 12.4. The van der Waals surface area contributed by atoms with Gasteiger partial charge in [-0.2, -0.15) is 5.10 Å². The van der Waals surface area contributed by atoms with Crippen LogP contribution in [0, 0.1) is 17.0 Å². The van der Waals surface area contributed by atoms with E-state index in [-0.39, 0.29) is 5.69 Å². The number of carbonyl (C=O) groups excluding carboxylic acids is 1. The molecular weight excluding hydrogens is 415 g/mol. The SMILES string of the molecule is Cc1cc(NC(=O)/C=C/c2cccc([N+](=O)[O-])c2)nn1Cc1c(Cl)cccc1Cl. The van der Waals surface area contributed by atoms with Gasteiger partial charge >= 0.3 is 0 Å². The number of nitrogens with one attached hydrogen (secondary N) is 1. The summed E-state index contributed by atoms with van der Waals surface area (Å²) < 4.78 is 1.69. The monoisotopic (exact) mass is 430 g/mol. The van der Waals surface area contributed by atoms with Gasteiger partial charge in [-0.15, -0.1) is 0 Å². The number of rotatable bonds is 6. The third kappa shape index (κ3) is 5.22. The molecule has 0 spiro atoms. The number of non-ortho nitro benzene ring substituents is 1. The van der Waals surface area contributed by atoms with Gasteiger partial charge in [0.2, 0.25) is 5.91 Å². The van der Waals surface area contributed by atoms with Crippen molar-refractivity contribution < 1.29 is 9.72 Å². The summed E-state index contributed by atoms with van der Waals surface area (Å²) in [6.07, 6.45) is 2.79. The Kier molecular flexibility index (Phi) is 6.31. The molecule has 7 nitrogen and oxygen atoms in total. The lowest BCUT2D eigenvalue weighted by Crippen LogP contribution is -2.10. The second kappa shape index (κ2) is 8.89. The fourth-order valence-corrected chi connectivity index (χ4v) is 3.16. The van der Waals surface area contributed by atoms with Crippen molar-refractivity contribution in [2.24, 2.45) is 0 Å². The lowest BCUT2D eigenvalue weighted by Gasteiger charge is -2.08. The van der Waals surface area contributed by atoms with Gasteiger partial charge < -0.3 is 5.32 Å². The van der Waals surface area contributed by atoms with Crippen molar-refractivity contribution in [3.63, 3.8) is 0 Å². The molecular formula is C20H16Cl2N4O3. The molecule has 0 bridgehead atoms. The Morgan fingerprint density at radius 3 is 2.59 bits per heavy atom. The highest BCUT2D eigenvalue weighted by molar-refractivity contribution is 6.35. The molecule has 29 heavy (non-hydrogen) atoms. The first-order chi connectivity index (χ1) is 13.8. The summed E-state index contributed by atoms with van der Waals surface area (Å²) in [5.41, 5.74) is 2.06. The number of benzene rings is 2. The second-order valence-electron chi connectivity index (χ2n) is 6.20. The fourth-order valence-electron chi connectivity index (χ4n) is 2.65. The first kappa shape index (κ1) is 20.6. The molecule has 148 valence electrons. The molecule has 0 aliphatic rings. The number of nitrogens with zero attached hydrogens (tertiary/aromatic N) is 3. The molecule has 0 unspecified atom stereocenters. The van der Waals surface area contributed by atoms with E-state index in [9.17, 15) is 14.9 Å². The molecule has 0 radical (unpaired) electrons. The largest absolute Gasteiger partial charge is 0.306 e. The minimum atomic E-state index is -0.488. The molecule has 0 saturated heterocycles. The van der Waals surface area contributed by atoms with Gasteiger partial charge in [0.1, 0.15) is 0 Å². The summed E-state index contributed by atoms with van der Waals surface area (Å²) in [6.45, 7) is 2.22. The number of aryl methyl sites for hydroxylation is 1. The van der Waals surface area contributed by atoms with E-state index < -0.39 is 10.8 Å². The lowest BCUT2D eigenvalue weighted by atomic mass is 10.2. The maximum absolute atomic E-state index is 12.2. The van der Waals surface area contributed by atoms with Crippen molar-refractivity contribution in [2.45, 2.75) is 13.5 Å². The van der Waals surface area contributed by atoms with Crippen molar-refractivity contribution in [1.82, 2.24) is 9.78 Å². The second-order valence-corrected chi connectivity index (χ2v) is 7.02. The third-order valence-electron chi connectivity index (χ3n) is 4.11. The minimum Gasteiger partial charge on any atom is -0.306 e. The van der Waals surface area contributed by atoms with Crippen LogP contribution in [0.2, 0.25) is 10.0 Å². The zero-order valence-corrected chi connectivity index (χ0v) is 16.8. The maximum atomic E-state index is 12.2. The number of halogens is 2. The van der Waals surface area contributed by atoms with Crippen LogP contribution in [0.5, 0.6) is 0 Å². The molecule has 3 rings (SSSR count). The zero-order valence-electron chi connectivity index (χ0n) is 15.3. The van der Waals surface area contributed by atoms with Crippen molar-refractivity contribution in [3.8, 4) is 0 Å². The van der Waals surface area contributed by atoms with Gasteiger partial charge in [-0.1, -0.05) is 41.4 Å². The predicted molar refractivity (Wildman–Crippen MR) is 113 cm³/mol. The number of nitro benzene ring substituents is 1. The van der Waals surface area contributed by atoms with Gasteiger partial charge in [0.25, 0.3) is 5.69 Å². The molecule has 0 aliphatic carbocycles. The van der Waals surface area contributed by atoms with Crippen LogP contribution in [-0.4, -0.2) is 20.6 Å². The van der Waals surface area contributed by atoms with Gasteiger partial charge in [0.05, 0.1) is 11.5 Å². The molecule has 2 aromatic carbocycles. The number of anilines is 1. The zero-order chi connectivity index (χ0) is 21.0. The maximum Gasteiger partial charge on any atom is 0.270 e. The Morgan fingerprint density at radius 1 is 1.21 bits per heavy atom. The van der Waals surface area contributed by atoms with Gasteiger partial charge in [0, 0.05) is 45.6 Å². The standard InChI is InChI=1S/C20H16Cl2N4O3/c1-13-10-19(24-25(13)12-16-17(21)6-3-7-18(16)22)23-20(27)9-8-14-4-2-5-15(11-14)26(28)29/h2-11H,12H2,1H3,(H,23,24,27)/b9-8+. The number of hydrogen-bond acceptors (Lipinski definition) is 4. The highest BCUT2D eigenvalue weighted by atomic mass is 35.5. The van der Waals surface area contributed by atoms with Crippen molar-refractivity contribution in [1.29, 1.82) is 0 Å². The van der Waals surface area contributed by atoms with Crippen molar-refractivity contribution >= 4 is 46.7 Å². The summed E-state index contributed by atoms with van der Waals surface area (Å²) in [6, 6.07) is 13.0. The number of amides is 1. The van der Waals surface area contributed by atoms with Crippen LogP contribution in [0.25, 0.3) is 6.08 Å². The molecule has 0 aliphatic heterocycles. The molecule has 1 N–H and O–H groups in total. The molecule has 3 aromatic rings. The van der Waals surface area contributed by atoms with E-state index in [0.717, 1.165) is 11.3 Å². The molecule has 0 saturated carbocycles. The molecule has 1 heterocycles. The Hall–Kier alpha value is -3.16. The third-order valence-corrected chi connectivity index (χ3v) is 4.82. The Morgan fingerprint density at radius 2 is 1.90 bits per heavy atom. The van der Waals surface area contributed by atoms with Crippen molar-refractivity contribution in [3.05, 3.63) is 91.6 Å². The molecule has 1 amide bonds. The molecule has 0 atom stereocenters. The summed E-state index contributed by atoms with van der Waals surface area (Å²) in [5, 5.41) is 18.9. The van der Waals surface area contributed by atoms with E-state index in [1.807, 2.05) is 6.92 Å².